The Morgan fingerprint density at radius 2 is 1.96 bits per heavy atom. The van der Waals surface area contributed by atoms with Crippen molar-refractivity contribution in [1.29, 1.82) is 0 Å². The fourth-order valence-electron chi connectivity index (χ4n) is 3.66. The largest absolute Gasteiger partial charge is 0.378 e. The van der Waals surface area contributed by atoms with Crippen LogP contribution in [0.15, 0.2) is 36.9 Å². The maximum absolute atomic E-state index is 5.59. The first-order valence-electron chi connectivity index (χ1n) is 9.21. The first-order valence-corrected chi connectivity index (χ1v) is 9.21. The van der Waals surface area contributed by atoms with E-state index < -0.39 is 0 Å². The van der Waals surface area contributed by atoms with Crippen LogP contribution in [0.5, 0.6) is 0 Å². The summed E-state index contributed by atoms with van der Waals surface area (Å²) in [5.74, 6) is 4.46. The van der Waals surface area contributed by atoms with Crippen LogP contribution in [0.3, 0.4) is 0 Å². The van der Waals surface area contributed by atoms with Crippen molar-refractivity contribution < 1.29 is 4.74 Å². The summed E-state index contributed by atoms with van der Waals surface area (Å²) in [6.45, 7) is 4.00. The summed E-state index contributed by atoms with van der Waals surface area (Å²) in [5, 5.41) is 0. The van der Waals surface area contributed by atoms with E-state index in [2.05, 4.69) is 30.3 Å². The zero-order chi connectivity index (χ0) is 18.9. The second-order valence-electron chi connectivity index (χ2n) is 6.65. The van der Waals surface area contributed by atoms with Gasteiger partial charge in [-0.25, -0.2) is 19.9 Å². The molecule has 1 aliphatic rings. The van der Waals surface area contributed by atoms with Gasteiger partial charge in [0.2, 0.25) is 0 Å². The molecule has 140 valence electrons. The summed E-state index contributed by atoms with van der Waals surface area (Å²) in [5.41, 5.74) is 3.55. The van der Waals surface area contributed by atoms with Crippen molar-refractivity contribution in [3.05, 3.63) is 42.7 Å². The van der Waals surface area contributed by atoms with Crippen molar-refractivity contribution in [2.45, 2.75) is 13.1 Å². The number of nitrogens with zero attached hydrogens (tertiary/aromatic N) is 7. The van der Waals surface area contributed by atoms with Crippen LogP contribution in [0.25, 0.3) is 22.2 Å². The van der Waals surface area contributed by atoms with Crippen molar-refractivity contribution >= 4 is 28.0 Å². The fourth-order valence-corrected chi connectivity index (χ4v) is 3.66. The first-order chi connectivity index (χ1) is 13.8. The van der Waals surface area contributed by atoms with E-state index in [9.17, 15) is 0 Å². The number of para-hydroxylation sites is 2. The Labute approximate surface area is 161 Å². The lowest BCUT2D eigenvalue weighted by Gasteiger charge is -2.27. The molecule has 0 radical (unpaired) electrons. The van der Waals surface area contributed by atoms with Gasteiger partial charge in [-0.1, -0.05) is 18.1 Å². The van der Waals surface area contributed by atoms with Crippen LogP contribution in [0.4, 0.5) is 5.82 Å². The highest BCUT2D eigenvalue weighted by molar-refractivity contribution is 5.83. The number of terminal acetylenes is 1. The van der Waals surface area contributed by atoms with Crippen LogP contribution < -0.4 is 4.90 Å². The number of benzene rings is 1. The first kappa shape index (κ1) is 16.7. The summed E-state index contributed by atoms with van der Waals surface area (Å²) < 4.78 is 9.50. The fraction of sp³-hybridized carbons (Fsp3) is 0.300. The highest BCUT2D eigenvalue weighted by atomic mass is 16.5. The van der Waals surface area contributed by atoms with E-state index in [1.54, 1.807) is 12.7 Å². The Morgan fingerprint density at radius 1 is 1.11 bits per heavy atom. The van der Waals surface area contributed by atoms with Gasteiger partial charge in [-0.3, -0.25) is 0 Å². The van der Waals surface area contributed by atoms with E-state index in [4.69, 9.17) is 16.1 Å². The van der Waals surface area contributed by atoms with E-state index in [0.717, 1.165) is 46.9 Å². The normalized spacial score (nSPS) is 14.6. The van der Waals surface area contributed by atoms with Gasteiger partial charge >= 0.3 is 0 Å². The van der Waals surface area contributed by atoms with Gasteiger partial charge in [-0.05, 0) is 12.1 Å². The number of morpholine rings is 1. The van der Waals surface area contributed by atoms with Gasteiger partial charge in [-0.2, -0.15) is 0 Å². The minimum Gasteiger partial charge on any atom is -0.378 e. The maximum Gasteiger partial charge on any atom is 0.165 e. The third-order valence-corrected chi connectivity index (χ3v) is 4.99. The number of hydrogen-bond donors (Lipinski definition) is 0. The molecule has 0 unspecified atom stereocenters. The van der Waals surface area contributed by atoms with Crippen molar-refractivity contribution in [1.82, 2.24) is 29.1 Å². The molecule has 28 heavy (non-hydrogen) atoms. The van der Waals surface area contributed by atoms with Crippen molar-refractivity contribution in [3.63, 3.8) is 0 Å². The number of rotatable bonds is 4. The quantitative estimate of drug-likeness (QED) is 0.507. The summed E-state index contributed by atoms with van der Waals surface area (Å²) in [7, 11) is 0. The third-order valence-electron chi connectivity index (χ3n) is 4.99. The van der Waals surface area contributed by atoms with Gasteiger partial charge < -0.3 is 18.8 Å². The lowest BCUT2D eigenvalue weighted by atomic mass is 10.3. The van der Waals surface area contributed by atoms with Crippen molar-refractivity contribution in [2.24, 2.45) is 0 Å². The predicted octanol–water partition coefficient (Wildman–Crippen LogP) is 1.69. The van der Waals surface area contributed by atoms with E-state index in [1.165, 1.54) is 0 Å². The summed E-state index contributed by atoms with van der Waals surface area (Å²) >= 11 is 0. The second-order valence-corrected chi connectivity index (χ2v) is 6.65. The van der Waals surface area contributed by atoms with Gasteiger partial charge in [0, 0.05) is 13.1 Å². The van der Waals surface area contributed by atoms with E-state index in [1.807, 2.05) is 28.8 Å². The summed E-state index contributed by atoms with van der Waals surface area (Å²) in [6, 6.07) is 8.01. The zero-order valence-electron chi connectivity index (χ0n) is 15.3. The minimum absolute atomic E-state index is 0.469. The molecule has 4 aromatic rings. The molecule has 0 N–H and O–H groups in total. The maximum atomic E-state index is 5.59. The van der Waals surface area contributed by atoms with Crippen LogP contribution in [0.1, 0.15) is 5.82 Å². The molecule has 0 saturated carbocycles. The Balaban J connectivity index is 1.55. The van der Waals surface area contributed by atoms with E-state index >= 15 is 0 Å². The molecule has 8 nitrogen and oxygen atoms in total. The Bertz CT molecular complexity index is 1180. The van der Waals surface area contributed by atoms with Gasteiger partial charge in [0.25, 0.3) is 0 Å². The molecular weight excluding hydrogens is 354 g/mol. The number of anilines is 1. The monoisotopic (exact) mass is 373 g/mol. The van der Waals surface area contributed by atoms with Crippen LogP contribution in [-0.4, -0.2) is 55.4 Å². The average molecular weight is 373 g/mol. The Morgan fingerprint density at radius 3 is 2.82 bits per heavy atom. The predicted molar refractivity (Wildman–Crippen MR) is 106 cm³/mol. The van der Waals surface area contributed by atoms with Crippen LogP contribution in [0, 0.1) is 12.3 Å². The molecular formula is C20H19N7O. The molecule has 8 heteroatoms. The molecule has 1 aliphatic heterocycles. The van der Waals surface area contributed by atoms with Crippen LogP contribution >= 0.6 is 0 Å². The highest BCUT2D eigenvalue weighted by Crippen LogP contribution is 2.23. The van der Waals surface area contributed by atoms with Crippen LogP contribution in [0.2, 0.25) is 0 Å². The van der Waals surface area contributed by atoms with Crippen LogP contribution in [-0.2, 0) is 17.8 Å². The second kappa shape index (κ2) is 6.94. The molecule has 1 fully saturated rings. The molecule has 0 bridgehead atoms. The summed E-state index contributed by atoms with van der Waals surface area (Å²) in [4.78, 5) is 20.5. The lowest BCUT2D eigenvalue weighted by molar-refractivity contribution is 0.122. The minimum atomic E-state index is 0.469. The number of fused-ring (bicyclic) bond motifs is 2. The molecule has 3 aromatic heterocycles. The SMILES string of the molecule is C#CCn1c(Cn2cnc3c(N4CCOCC4)ncnc32)nc2ccccc21. The Kier molecular flexibility index (Phi) is 4.14. The number of aromatic nitrogens is 6. The molecule has 0 spiro atoms. The lowest BCUT2D eigenvalue weighted by Crippen LogP contribution is -2.36. The standard InChI is InChI=1S/C20H19N7O/c1-2-7-27-16-6-4-3-5-15(16)24-17(27)12-26-14-23-18-19(21-13-22-20(18)26)25-8-10-28-11-9-25/h1,3-6,13-14H,7-12H2. The van der Waals surface area contributed by atoms with E-state index in [-0.39, 0.29) is 0 Å². The van der Waals surface area contributed by atoms with E-state index in [0.29, 0.717) is 26.3 Å². The number of hydrogen-bond acceptors (Lipinski definition) is 6. The topological polar surface area (TPSA) is 73.9 Å². The third kappa shape index (κ3) is 2.77. The summed E-state index contributed by atoms with van der Waals surface area (Å²) in [6.07, 6.45) is 8.98. The van der Waals surface area contributed by atoms with Gasteiger partial charge in [0.15, 0.2) is 17.0 Å². The molecule has 4 heterocycles. The average Bonchev–Trinajstić information content (AvgIpc) is 3.31. The van der Waals surface area contributed by atoms with Gasteiger partial charge in [0.1, 0.15) is 12.2 Å². The zero-order valence-corrected chi connectivity index (χ0v) is 15.3. The molecule has 0 aliphatic carbocycles. The van der Waals surface area contributed by atoms with Gasteiger partial charge in [-0.15, -0.1) is 6.42 Å². The van der Waals surface area contributed by atoms with Crippen molar-refractivity contribution in [2.75, 3.05) is 31.2 Å². The Hall–Kier alpha value is -3.44. The molecule has 1 saturated heterocycles. The smallest absolute Gasteiger partial charge is 0.165 e. The number of imidazole rings is 2. The molecule has 0 amide bonds. The highest BCUT2D eigenvalue weighted by Gasteiger charge is 2.19. The van der Waals surface area contributed by atoms with Crippen molar-refractivity contribution in [3.8, 4) is 12.3 Å². The molecule has 5 rings (SSSR count). The molecule has 1 aromatic carbocycles. The van der Waals surface area contributed by atoms with Gasteiger partial charge in [0.05, 0.1) is 43.7 Å². The number of ether oxygens (including phenoxy) is 1. The molecule has 0 atom stereocenters.